The summed E-state index contributed by atoms with van der Waals surface area (Å²) in [5.74, 6) is 0.809. The van der Waals surface area contributed by atoms with Crippen molar-refractivity contribution in [2.24, 2.45) is 5.92 Å². The Balaban J connectivity index is 1.47. The number of methoxy groups -OCH3 is 1. The van der Waals surface area contributed by atoms with E-state index in [4.69, 9.17) is 4.74 Å². The molecule has 2 aromatic carbocycles. The maximum absolute atomic E-state index is 13.3. The largest absolute Gasteiger partial charge is 0.496 e. The van der Waals surface area contributed by atoms with E-state index in [-0.39, 0.29) is 10.8 Å². The second kappa shape index (κ2) is 10.0. The summed E-state index contributed by atoms with van der Waals surface area (Å²) in [5, 5.41) is 0. The summed E-state index contributed by atoms with van der Waals surface area (Å²) in [6.45, 7) is 2.41. The van der Waals surface area contributed by atoms with Crippen LogP contribution in [0.4, 0.5) is 0 Å². The summed E-state index contributed by atoms with van der Waals surface area (Å²) < 4.78 is 33.2. The van der Waals surface area contributed by atoms with Gasteiger partial charge in [-0.25, -0.2) is 8.42 Å². The number of ether oxygens (including phenoxy) is 1. The van der Waals surface area contributed by atoms with E-state index in [9.17, 15) is 13.2 Å². The minimum atomic E-state index is -3.61. The number of carbonyl (C=O) groups excluding carboxylic acids is 1. The highest BCUT2D eigenvalue weighted by Gasteiger charge is 2.30. The molecule has 6 nitrogen and oxygen atoms in total. The van der Waals surface area contributed by atoms with Crippen molar-refractivity contribution >= 4 is 15.9 Å². The van der Waals surface area contributed by atoms with Gasteiger partial charge in [0.1, 0.15) is 5.75 Å². The molecule has 0 atom stereocenters. The molecule has 7 heteroatoms. The average molecular weight is 457 g/mol. The van der Waals surface area contributed by atoms with E-state index in [0.29, 0.717) is 43.4 Å². The topological polar surface area (TPSA) is 66.9 Å². The Kier molecular flexibility index (Phi) is 7.16. The lowest BCUT2D eigenvalue weighted by atomic mass is 9.90. The standard InChI is InChI=1S/C25H32N2O4S/c1-31-24-11-10-22(32(29,30)27-14-6-3-7-15-27)19-23(24)25(28)26-16-12-21(13-17-26)18-20-8-4-2-5-9-20/h2,4-5,8-11,19,21H,3,6-7,12-18H2,1H3. The number of nitrogens with zero attached hydrogens (tertiary/aromatic N) is 2. The highest BCUT2D eigenvalue weighted by atomic mass is 32.2. The molecule has 2 heterocycles. The Labute approximate surface area is 191 Å². The number of rotatable bonds is 6. The van der Waals surface area contributed by atoms with Crippen molar-refractivity contribution in [3.05, 3.63) is 59.7 Å². The van der Waals surface area contributed by atoms with Gasteiger partial charge in [0.25, 0.3) is 5.91 Å². The van der Waals surface area contributed by atoms with Gasteiger partial charge in [-0.2, -0.15) is 4.31 Å². The first-order chi connectivity index (χ1) is 15.5. The fourth-order valence-corrected chi connectivity index (χ4v) is 6.27. The third kappa shape index (κ3) is 4.99. The van der Waals surface area contributed by atoms with Crippen molar-refractivity contribution in [3.63, 3.8) is 0 Å². The normalized spacial score (nSPS) is 18.5. The summed E-state index contributed by atoms with van der Waals surface area (Å²) >= 11 is 0. The average Bonchev–Trinajstić information content (AvgIpc) is 2.85. The maximum Gasteiger partial charge on any atom is 0.257 e. The van der Waals surface area contributed by atoms with Crippen LogP contribution in [0.25, 0.3) is 0 Å². The molecule has 0 saturated carbocycles. The molecule has 0 aliphatic carbocycles. The van der Waals surface area contributed by atoms with Gasteiger partial charge in [0.2, 0.25) is 10.0 Å². The van der Waals surface area contributed by atoms with Crippen LogP contribution in [-0.4, -0.2) is 56.8 Å². The molecule has 0 N–H and O–H groups in total. The molecule has 0 bridgehead atoms. The SMILES string of the molecule is COc1ccc(S(=O)(=O)N2CCCCC2)cc1C(=O)N1CCC(Cc2ccccc2)CC1. The predicted octanol–water partition coefficient (Wildman–Crippen LogP) is 3.96. The van der Waals surface area contributed by atoms with E-state index in [1.807, 2.05) is 11.0 Å². The van der Waals surface area contributed by atoms with Crippen LogP contribution in [-0.2, 0) is 16.4 Å². The maximum atomic E-state index is 13.3. The van der Waals surface area contributed by atoms with Gasteiger partial charge in [-0.05, 0) is 61.8 Å². The molecule has 1 amide bonds. The highest BCUT2D eigenvalue weighted by molar-refractivity contribution is 7.89. The van der Waals surface area contributed by atoms with Gasteiger partial charge in [0, 0.05) is 26.2 Å². The summed E-state index contributed by atoms with van der Waals surface area (Å²) in [6, 6.07) is 15.1. The minimum absolute atomic E-state index is 0.157. The molecule has 0 spiro atoms. The number of hydrogen-bond acceptors (Lipinski definition) is 4. The Morgan fingerprint density at radius 3 is 2.31 bits per heavy atom. The number of likely N-dealkylation sites (tertiary alicyclic amines) is 1. The number of benzene rings is 2. The first-order valence-corrected chi connectivity index (χ1v) is 12.9. The third-order valence-electron chi connectivity index (χ3n) is 6.62. The molecule has 2 aliphatic heterocycles. The van der Waals surface area contributed by atoms with Crippen LogP contribution in [0.5, 0.6) is 5.75 Å². The fraction of sp³-hybridized carbons (Fsp3) is 0.480. The van der Waals surface area contributed by atoms with Gasteiger partial charge in [-0.3, -0.25) is 4.79 Å². The van der Waals surface area contributed by atoms with Crippen molar-refractivity contribution in [2.75, 3.05) is 33.3 Å². The van der Waals surface area contributed by atoms with Crippen molar-refractivity contribution in [1.29, 1.82) is 0 Å². The van der Waals surface area contributed by atoms with E-state index in [1.165, 1.54) is 23.0 Å². The smallest absolute Gasteiger partial charge is 0.257 e. The van der Waals surface area contributed by atoms with Gasteiger partial charge in [-0.1, -0.05) is 36.8 Å². The molecule has 2 aliphatic rings. The molecule has 0 radical (unpaired) electrons. The van der Waals surface area contributed by atoms with Crippen molar-refractivity contribution in [2.45, 2.75) is 43.4 Å². The number of piperidine rings is 2. The molecule has 172 valence electrons. The van der Waals surface area contributed by atoms with E-state index in [0.717, 1.165) is 38.5 Å². The zero-order valence-electron chi connectivity index (χ0n) is 18.7. The molecule has 0 unspecified atom stereocenters. The molecule has 2 saturated heterocycles. The predicted molar refractivity (Wildman–Crippen MR) is 124 cm³/mol. The van der Waals surface area contributed by atoms with Gasteiger partial charge in [0.05, 0.1) is 17.6 Å². The number of sulfonamides is 1. The van der Waals surface area contributed by atoms with Crippen LogP contribution in [0.3, 0.4) is 0 Å². The number of carbonyl (C=O) groups is 1. The molecule has 32 heavy (non-hydrogen) atoms. The number of amides is 1. The van der Waals surface area contributed by atoms with Crippen LogP contribution in [0, 0.1) is 5.92 Å². The molecule has 2 fully saturated rings. The monoisotopic (exact) mass is 456 g/mol. The van der Waals surface area contributed by atoms with Gasteiger partial charge >= 0.3 is 0 Å². The highest BCUT2D eigenvalue weighted by Crippen LogP contribution is 2.29. The Morgan fingerprint density at radius 1 is 0.969 bits per heavy atom. The fourth-order valence-electron chi connectivity index (χ4n) is 4.73. The van der Waals surface area contributed by atoms with Crippen LogP contribution in [0.2, 0.25) is 0 Å². The van der Waals surface area contributed by atoms with Gasteiger partial charge < -0.3 is 9.64 Å². The summed E-state index contributed by atoms with van der Waals surface area (Å²) in [5.41, 5.74) is 1.65. The molecule has 0 aromatic heterocycles. The quantitative estimate of drug-likeness (QED) is 0.660. The summed E-state index contributed by atoms with van der Waals surface area (Å²) in [4.78, 5) is 15.3. The van der Waals surface area contributed by atoms with Crippen LogP contribution in [0.15, 0.2) is 53.4 Å². The first-order valence-electron chi connectivity index (χ1n) is 11.5. The minimum Gasteiger partial charge on any atom is -0.496 e. The summed E-state index contributed by atoms with van der Waals surface area (Å²) in [7, 11) is -2.10. The molecule has 2 aromatic rings. The lowest BCUT2D eigenvalue weighted by Gasteiger charge is -2.32. The van der Waals surface area contributed by atoms with Crippen molar-refractivity contribution in [1.82, 2.24) is 9.21 Å². The van der Waals surface area contributed by atoms with Crippen molar-refractivity contribution in [3.8, 4) is 5.75 Å². The number of hydrogen-bond donors (Lipinski definition) is 0. The Hall–Kier alpha value is -2.38. The molecular formula is C25H32N2O4S. The lowest BCUT2D eigenvalue weighted by Crippen LogP contribution is -2.39. The van der Waals surface area contributed by atoms with E-state index >= 15 is 0 Å². The molecular weight excluding hydrogens is 424 g/mol. The molecule has 4 rings (SSSR count). The third-order valence-corrected chi connectivity index (χ3v) is 8.52. The zero-order valence-corrected chi connectivity index (χ0v) is 19.5. The van der Waals surface area contributed by atoms with E-state index in [2.05, 4.69) is 24.3 Å². The lowest BCUT2D eigenvalue weighted by molar-refractivity contribution is 0.0687. The van der Waals surface area contributed by atoms with Crippen LogP contribution < -0.4 is 4.74 Å². The Morgan fingerprint density at radius 2 is 1.66 bits per heavy atom. The second-order valence-corrected chi connectivity index (χ2v) is 10.7. The van der Waals surface area contributed by atoms with Crippen molar-refractivity contribution < 1.29 is 17.9 Å². The van der Waals surface area contributed by atoms with Gasteiger partial charge in [0.15, 0.2) is 0 Å². The first kappa shape index (κ1) is 22.8. The second-order valence-electron chi connectivity index (χ2n) is 8.75. The van der Waals surface area contributed by atoms with E-state index in [1.54, 1.807) is 12.1 Å². The summed E-state index contributed by atoms with van der Waals surface area (Å²) in [6.07, 6.45) is 5.70. The Bertz CT molecular complexity index is 1030. The van der Waals surface area contributed by atoms with Gasteiger partial charge in [-0.15, -0.1) is 0 Å². The van der Waals surface area contributed by atoms with Crippen LogP contribution >= 0.6 is 0 Å². The van der Waals surface area contributed by atoms with E-state index < -0.39 is 10.0 Å². The zero-order chi connectivity index (χ0) is 22.6. The van der Waals surface area contributed by atoms with Crippen LogP contribution in [0.1, 0.15) is 48.0 Å².